The normalized spacial score (nSPS) is 11.4. The van der Waals surface area contributed by atoms with E-state index < -0.39 is 23.8 Å². The van der Waals surface area contributed by atoms with E-state index in [4.69, 9.17) is 9.47 Å². The molecule has 1 amide bonds. The van der Waals surface area contributed by atoms with Crippen LogP contribution < -0.4 is 10.1 Å². The quantitative estimate of drug-likeness (QED) is 0.509. The first-order valence-electron chi connectivity index (χ1n) is 8.40. The first-order valence-corrected chi connectivity index (χ1v) is 9.56. The second kappa shape index (κ2) is 10.5. The number of carbonyl (C=O) groups excluding carboxylic acids is 3. The van der Waals surface area contributed by atoms with Crippen molar-refractivity contribution in [2.24, 2.45) is 0 Å². The second-order valence-corrected chi connectivity index (χ2v) is 6.73. The Labute approximate surface area is 166 Å². The number of thioether (sulfide) groups is 1. The first-order chi connectivity index (χ1) is 13.4. The van der Waals surface area contributed by atoms with E-state index in [1.807, 2.05) is 0 Å². The molecule has 0 unspecified atom stereocenters. The fourth-order valence-electron chi connectivity index (χ4n) is 2.25. The highest BCUT2D eigenvalue weighted by Gasteiger charge is 2.20. The van der Waals surface area contributed by atoms with Crippen LogP contribution >= 0.6 is 11.8 Å². The molecular formula is C20H20FNO5S. The maximum atomic E-state index is 13.5. The summed E-state index contributed by atoms with van der Waals surface area (Å²) in [4.78, 5) is 35.9. The van der Waals surface area contributed by atoms with E-state index in [9.17, 15) is 18.8 Å². The van der Waals surface area contributed by atoms with Crippen LogP contribution in [0.4, 0.5) is 10.1 Å². The largest absolute Gasteiger partial charge is 0.497 e. The molecule has 0 aliphatic carbocycles. The van der Waals surface area contributed by atoms with Gasteiger partial charge in [0.25, 0.3) is 0 Å². The van der Waals surface area contributed by atoms with Crippen molar-refractivity contribution in [3.63, 3.8) is 0 Å². The third-order valence-electron chi connectivity index (χ3n) is 3.65. The lowest BCUT2D eigenvalue weighted by Gasteiger charge is -2.12. The molecule has 8 heteroatoms. The number of rotatable bonds is 9. The molecular weight excluding hydrogens is 385 g/mol. The number of hydrogen-bond acceptors (Lipinski definition) is 6. The van der Waals surface area contributed by atoms with E-state index in [-0.39, 0.29) is 23.0 Å². The van der Waals surface area contributed by atoms with Gasteiger partial charge >= 0.3 is 5.97 Å². The minimum Gasteiger partial charge on any atom is -0.497 e. The van der Waals surface area contributed by atoms with E-state index >= 15 is 0 Å². The van der Waals surface area contributed by atoms with Crippen LogP contribution in [-0.4, -0.2) is 42.4 Å². The van der Waals surface area contributed by atoms with Gasteiger partial charge in [0.05, 0.1) is 24.3 Å². The minimum atomic E-state index is -0.950. The summed E-state index contributed by atoms with van der Waals surface area (Å²) in [6.07, 6.45) is -0.950. The van der Waals surface area contributed by atoms with Crippen LogP contribution in [0.25, 0.3) is 0 Å². The van der Waals surface area contributed by atoms with Gasteiger partial charge in [0, 0.05) is 5.56 Å². The topological polar surface area (TPSA) is 81.7 Å². The molecule has 0 spiro atoms. The summed E-state index contributed by atoms with van der Waals surface area (Å²) < 4.78 is 23.6. The van der Waals surface area contributed by atoms with Crippen molar-refractivity contribution < 1.29 is 28.2 Å². The highest BCUT2D eigenvalue weighted by atomic mass is 32.2. The van der Waals surface area contributed by atoms with E-state index in [0.717, 1.165) is 11.8 Å². The van der Waals surface area contributed by atoms with Gasteiger partial charge < -0.3 is 14.8 Å². The Morgan fingerprint density at radius 3 is 2.39 bits per heavy atom. The van der Waals surface area contributed by atoms with Gasteiger partial charge in [0.1, 0.15) is 11.6 Å². The van der Waals surface area contributed by atoms with Crippen LogP contribution in [0.5, 0.6) is 5.75 Å². The van der Waals surface area contributed by atoms with Crippen molar-refractivity contribution in [2.75, 3.05) is 23.9 Å². The van der Waals surface area contributed by atoms with Crippen molar-refractivity contribution in [1.82, 2.24) is 0 Å². The van der Waals surface area contributed by atoms with Crippen molar-refractivity contribution in [2.45, 2.75) is 13.0 Å². The molecule has 148 valence electrons. The monoisotopic (exact) mass is 405 g/mol. The van der Waals surface area contributed by atoms with Gasteiger partial charge in [0.2, 0.25) is 11.7 Å². The molecule has 0 fully saturated rings. The van der Waals surface area contributed by atoms with E-state index in [1.165, 1.54) is 32.2 Å². The molecule has 0 aliphatic heterocycles. The van der Waals surface area contributed by atoms with Crippen LogP contribution in [0.1, 0.15) is 17.3 Å². The smallest absolute Gasteiger partial charge is 0.316 e. The molecule has 6 nitrogen and oxygen atoms in total. The Morgan fingerprint density at radius 2 is 1.75 bits per heavy atom. The number of ketones is 1. The number of hydrogen-bond donors (Lipinski definition) is 1. The van der Waals surface area contributed by atoms with Crippen LogP contribution in [0, 0.1) is 5.82 Å². The Morgan fingerprint density at radius 1 is 1.07 bits per heavy atom. The average Bonchev–Trinajstić information content (AvgIpc) is 2.69. The van der Waals surface area contributed by atoms with E-state index in [0.29, 0.717) is 11.3 Å². The molecule has 0 saturated heterocycles. The number of benzene rings is 2. The predicted octanol–water partition coefficient (Wildman–Crippen LogP) is 3.32. The third-order valence-corrected chi connectivity index (χ3v) is 4.56. The number of halogens is 1. The van der Waals surface area contributed by atoms with Crippen molar-refractivity contribution in [1.29, 1.82) is 0 Å². The van der Waals surface area contributed by atoms with Gasteiger partial charge in [-0.1, -0.05) is 12.1 Å². The Kier molecular flexibility index (Phi) is 8.01. The zero-order valence-electron chi connectivity index (χ0n) is 15.4. The molecule has 0 radical (unpaired) electrons. The Balaban J connectivity index is 1.74. The van der Waals surface area contributed by atoms with E-state index in [1.54, 1.807) is 30.3 Å². The van der Waals surface area contributed by atoms with Crippen LogP contribution in [0.3, 0.4) is 0 Å². The molecule has 0 saturated carbocycles. The van der Waals surface area contributed by atoms with Gasteiger partial charge in [-0.2, -0.15) is 0 Å². The predicted molar refractivity (Wildman–Crippen MR) is 105 cm³/mol. The fourth-order valence-corrected chi connectivity index (χ4v) is 2.84. The molecule has 0 bridgehead atoms. The standard InChI is InChI=1S/C20H20FNO5S/c1-13(20(25)14-7-9-15(26-2)10-8-14)27-19(24)12-28-11-18(23)22-17-6-4-3-5-16(17)21/h3-10,13H,11-12H2,1-2H3,(H,22,23)/t13-/m1/s1. The molecule has 2 aromatic rings. The molecule has 1 N–H and O–H groups in total. The highest BCUT2D eigenvalue weighted by Crippen LogP contribution is 2.15. The van der Waals surface area contributed by atoms with Gasteiger partial charge in [-0.3, -0.25) is 14.4 Å². The fraction of sp³-hybridized carbons (Fsp3) is 0.250. The molecule has 2 rings (SSSR count). The number of Topliss-reactive ketones (excluding diaryl/α,β-unsaturated/α-hetero) is 1. The average molecular weight is 405 g/mol. The number of amides is 1. The van der Waals surface area contributed by atoms with Crippen molar-refractivity contribution >= 4 is 35.1 Å². The minimum absolute atomic E-state index is 0.0513. The van der Waals surface area contributed by atoms with Crippen LogP contribution in [0.2, 0.25) is 0 Å². The van der Waals surface area contributed by atoms with E-state index in [2.05, 4.69) is 5.32 Å². The van der Waals surface area contributed by atoms with Crippen LogP contribution in [0.15, 0.2) is 48.5 Å². The number of carbonyl (C=O) groups is 3. The zero-order chi connectivity index (χ0) is 20.5. The summed E-state index contributed by atoms with van der Waals surface area (Å²) >= 11 is 1.01. The number of esters is 1. The molecule has 0 heterocycles. The zero-order valence-corrected chi connectivity index (χ0v) is 16.3. The number of nitrogens with one attached hydrogen (secondary N) is 1. The summed E-state index contributed by atoms with van der Waals surface area (Å²) in [5, 5.41) is 2.42. The van der Waals surface area contributed by atoms with Gasteiger partial charge in [-0.05, 0) is 43.3 Å². The lowest BCUT2D eigenvalue weighted by Crippen LogP contribution is -2.25. The third kappa shape index (κ3) is 6.38. The SMILES string of the molecule is COc1ccc(C(=O)[C@@H](C)OC(=O)CSCC(=O)Nc2ccccc2F)cc1. The van der Waals surface area contributed by atoms with Gasteiger partial charge in [-0.25, -0.2) is 4.39 Å². The molecule has 1 atom stereocenters. The van der Waals surface area contributed by atoms with Crippen molar-refractivity contribution in [3.8, 4) is 5.75 Å². The maximum Gasteiger partial charge on any atom is 0.316 e. The maximum absolute atomic E-state index is 13.5. The van der Waals surface area contributed by atoms with Crippen molar-refractivity contribution in [3.05, 3.63) is 59.9 Å². The first kappa shape index (κ1) is 21.4. The summed E-state index contributed by atoms with van der Waals surface area (Å²) in [7, 11) is 1.52. The number of methoxy groups -OCH3 is 1. The lowest BCUT2D eigenvalue weighted by molar-refractivity contribution is -0.143. The summed E-state index contributed by atoms with van der Waals surface area (Å²) in [6, 6.07) is 12.3. The van der Waals surface area contributed by atoms with Gasteiger partial charge in [-0.15, -0.1) is 11.8 Å². The lowest BCUT2D eigenvalue weighted by atomic mass is 10.1. The van der Waals surface area contributed by atoms with Crippen LogP contribution in [-0.2, 0) is 14.3 Å². The Hall–Kier alpha value is -2.87. The number of anilines is 1. The molecule has 28 heavy (non-hydrogen) atoms. The number of para-hydroxylation sites is 1. The second-order valence-electron chi connectivity index (χ2n) is 5.75. The summed E-state index contributed by atoms with van der Waals surface area (Å²) in [5.41, 5.74) is 0.479. The number of ether oxygens (including phenoxy) is 2. The molecule has 0 aliphatic rings. The summed E-state index contributed by atoms with van der Waals surface area (Å²) in [5.74, 6) is -1.46. The highest BCUT2D eigenvalue weighted by molar-refractivity contribution is 8.00. The Bertz CT molecular complexity index is 841. The molecule has 0 aromatic heterocycles. The van der Waals surface area contributed by atoms with Gasteiger partial charge in [0.15, 0.2) is 6.10 Å². The molecule has 2 aromatic carbocycles. The summed E-state index contributed by atoms with van der Waals surface area (Å²) in [6.45, 7) is 1.49.